The summed E-state index contributed by atoms with van der Waals surface area (Å²) in [6.07, 6.45) is 1.47. The molecule has 0 saturated carbocycles. The molecule has 0 radical (unpaired) electrons. The summed E-state index contributed by atoms with van der Waals surface area (Å²) in [6.45, 7) is -0.0959. The van der Waals surface area contributed by atoms with Crippen molar-refractivity contribution in [3.63, 3.8) is 0 Å². The molecule has 0 fully saturated rings. The van der Waals surface area contributed by atoms with Crippen LogP contribution < -0.4 is 5.32 Å². The Balaban J connectivity index is 1.54. The van der Waals surface area contributed by atoms with Gasteiger partial charge in [-0.05, 0) is 30.3 Å². The molecule has 1 N–H and O–H groups in total. The number of likely N-dealkylation sites (N-methyl/N-ethyl adjacent to an activating group) is 1. The van der Waals surface area contributed by atoms with Gasteiger partial charge in [-0.2, -0.15) is 0 Å². The van der Waals surface area contributed by atoms with Crippen LogP contribution in [0.15, 0.2) is 59.9 Å². The number of carbonyl (C=O) groups is 2. The molecule has 0 spiro atoms. The minimum Gasteiger partial charge on any atom is -0.336 e. The van der Waals surface area contributed by atoms with Gasteiger partial charge in [0.1, 0.15) is 17.2 Å². The number of rotatable bonds is 6. The maximum Gasteiger partial charge on any atom is 0.243 e. The zero-order valence-corrected chi connectivity index (χ0v) is 15.4. The molecule has 0 unspecified atom stereocenters. The third-order valence-electron chi connectivity index (χ3n) is 3.77. The highest BCUT2D eigenvalue weighted by atomic mass is 32.2. The number of halogens is 1. The molecular weight excluding hydrogens is 367 g/mol. The number of hydrogen-bond acceptors (Lipinski definition) is 5. The number of aromatic nitrogens is 2. The van der Waals surface area contributed by atoms with Crippen LogP contribution in [0.2, 0.25) is 0 Å². The number of carbonyl (C=O) groups excluding carboxylic acids is 2. The van der Waals surface area contributed by atoms with E-state index < -0.39 is 0 Å². The Morgan fingerprint density at radius 3 is 2.63 bits per heavy atom. The summed E-state index contributed by atoms with van der Waals surface area (Å²) >= 11 is 1.30. The smallest absolute Gasteiger partial charge is 0.243 e. The number of para-hydroxylation sites is 1. The third-order valence-corrected chi connectivity index (χ3v) is 4.76. The largest absolute Gasteiger partial charge is 0.336 e. The number of thioether (sulfide) groups is 1. The van der Waals surface area contributed by atoms with Crippen LogP contribution in [-0.4, -0.2) is 46.0 Å². The summed E-state index contributed by atoms with van der Waals surface area (Å²) in [5.41, 5.74) is 1.29. The molecule has 1 aromatic heterocycles. The highest BCUT2D eigenvalue weighted by Crippen LogP contribution is 2.24. The number of amides is 2. The van der Waals surface area contributed by atoms with Crippen LogP contribution in [-0.2, 0) is 9.59 Å². The molecule has 138 valence electrons. The van der Waals surface area contributed by atoms with E-state index in [2.05, 4.69) is 15.3 Å². The van der Waals surface area contributed by atoms with Crippen molar-refractivity contribution < 1.29 is 14.0 Å². The van der Waals surface area contributed by atoms with Crippen molar-refractivity contribution in [1.29, 1.82) is 0 Å². The Hall–Kier alpha value is -3.00. The average Bonchev–Trinajstić information content (AvgIpc) is 2.67. The lowest BCUT2D eigenvalue weighted by Crippen LogP contribution is -2.35. The van der Waals surface area contributed by atoms with Crippen LogP contribution in [0.5, 0.6) is 0 Å². The second-order valence-corrected chi connectivity index (χ2v) is 6.75. The van der Waals surface area contributed by atoms with Crippen LogP contribution in [0.3, 0.4) is 0 Å². The monoisotopic (exact) mass is 384 g/mol. The molecule has 2 aromatic carbocycles. The lowest BCUT2D eigenvalue weighted by Gasteiger charge is -2.16. The second kappa shape index (κ2) is 8.59. The summed E-state index contributed by atoms with van der Waals surface area (Å²) < 4.78 is 12.9. The number of nitrogens with one attached hydrogen (secondary N) is 1. The third kappa shape index (κ3) is 5.01. The van der Waals surface area contributed by atoms with E-state index in [9.17, 15) is 14.0 Å². The summed E-state index contributed by atoms with van der Waals surface area (Å²) in [4.78, 5) is 34.1. The minimum absolute atomic E-state index is 0.0959. The van der Waals surface area contributed by atoms with E-state index in [1.54, 1.807) is 7.05 Å². The van der Waals surface area contributed by atoms with Gasteiger partial charge in [-0.1, -0.05) is 30.0 Å². The molecule has 0 atom stereocenters. The molecule has 3 rings (SSSR count). The van der Waals surface area contributed by atoms with Crippen molar-refractivity contribution in [3.05, 3.63) is 60.7 Å². The van der Waals surface area contributed by atoms with Crippen molar-refractivity contribution >= 4 is 40.2 Å². The fraction of sp³-hybridized carbons (Fsp3) is 0.158. The maximum atomic E-state index is 12.9. The quantitative estimate of drug-likeness (QED) is 0.522. The Kier molecular flexibility index (Phi) is 5.97. The van der Waals surface area contributed by atoms with Crippen LogP contribution in [0.4, 0.5) is 10.1 Å². The molecule has 3 aromatic rings. The Labute approximate surface area is 159 Å². The summed E-state index contributed by atoms with van der Waals surface area (Å²) in [6, 6.07) is 13.0. The molecule has 0 saturated heterocycles. The summed E-state index contributed by atoms with van der Waals surface area (Å²) in [5, 5.41) is 4.23. The van der Waals surface area contributed by atoms with E-state index in [4.69, 9.17) is 0 Å². The number of hydrogen-bond donors (Lipinski definition) is 1. The van der Waals surface area contributed by atoms with E-state index >= 15 is 0 Å². The van der Waals surface area contributed by atoms with Crippen LogP contribution in [0.25, 0.3) is 10.9 Å². The van der Waals surface area contributed by atoms with E-state index in [-0.39, 0.29) is 29.9 Å². The van der Waals surface area contributed by atoms with Crippen molar-refractivity contribution in [2.24, 2.45) is 0 Å². The molecule has 0 aliphatic rings. The van der Waals surface area contributed by atoms with Crippen LogP contribution in [0, 0.1) is 5.82 Å². The predicted molar refractivity (Wildman–Crippen MR) is 103 cm³/mol. The molecule has 6 nitrogen and oxygen atoms in total. The van der Waals surface area contributed by atoms with Gasteiger partial charge in [-0.15, -0.1) is 0 Å². The second-order valence-electron chi connectivity index (χ2n) is 5.79. The van der Waals surface area contributed by atoms with Crippen molar-refractivity contribution in [2.45, 2.75) is 5.03 Å². The minimum atomic E-state index is -0.380. The number of anilines is 1. The molecule has 27 heavy (non-hydrogen) atoms. The molecular formula is C19H17FN4O2S. The van der Waals surface area contributed by atoms with Gasteiger partial charge < -0.3 is 10.2 Å². The number of benzene rings is 2. The van der Waals surface area contributed by atoms with Gasteiger partial charge in [0.25, 0.3) is 0 Å². The highest BCUT2D eigenvalue weighted by molar-refractivity contribution is 8.00. The Bertz CT molecular complexity index is 960. The fourth-order valence-electron chi connectivity index (χ4n) is 2.37. The van der Waals surface area contributed by atoms with Gasteiger partial charge in [0.15, 0.2) is 0 Å². The first-order valence-corrected chi connectivity index (χ1v) is 9.13. The SMILES string of the molecule is CN(CC(=O)Nc1ccc(F)cc1)C(=O)CSc1ncnc2ccccc12. The van der Waals surface area contributed by atoms with Gasteiger partial charge in [-0.3, -0.25) is 9.59 Å². The lowest BCUT2D eigenvalue weighted by atomic mass is 10.2. The van der Waals surface area contributed by atoms with Crippen molar-refractivity contribution in [2.75, 3.05) is 24.7 Å². The van der Waals surface area contributed by atoms with Crippen molar-refractivity contribution in [3.8, 4) is 0 Å². The first-order chi connectivity index (χ1) is 13.0. The average molecular weight is 384 g/mol. The van der Waals surface area contributed by atoms with E-state index in [1.165, 1.54) is 47.3 Å². The molecule has 0 aliphatic carbocycles. The molecule has 1 heterocycles. The van der Waals surface area contributed by atoms with Crippen LogP contribution >= 0.6 is 11.8 Å². The molecule has 8 heteroatoms. The maximum absolute atomic E-state index is 12.9. The number of fused-ring (bicyclic) bond motifs is 1. The van der Waals surface area contributed by atoms with Gasteiger partial charge in [-0.25, -0.2) is 14.4 Å². The van der Waals surface area contributed by atoms with E-state index in [0.29, 0.717) is 5.69 Å². The van der Waals surface area contributed by atoms with E-state index in [1.807, 2.05) is 24.3 Å². The lowest BCUT2D eigenvalue weighted by molar-refractivity contribution is -0.131. The zero-order chi connectivity index (χ0) is 19.2. The predicted octanol–water partition coefficient (Wildman–Crippen LogP) is 2.96. The standard InChI is InChI=1S/C19H17FN4O2S/c1-24(10-17(25)23-14-8-6-13(20)7-9-14)18(26)11-27-19-15-4-2-3-5-16(15)21-12-22-19/h2-9,12H,10-11H2,1H3,(H,23,25). The first kappa shape index (κ1) is 18.8. The summed E-state index contributed by atoms with van der Waals surface area (Å²) in [7, 11) is 1.56. The van der Waals surface area contributed by atoms with E-state index in [0.717, 1.165) is 15.9 Å². The van der Waals surface area contributed by atoms with Crippen molar-refractivity contribution in [1.82, 2.24) is 14.9 Å². The zero-order valence-electron chi connectivity index (χ0n) is 14.6. The van der Waals surface area contributed by atoms with Crippen LogP contribution in [0.1, 0.15) is 0 Å². The van der Waals surface area contributed by atoms with Gasteiger partial charge >= 0.3 is 0 Å². The fourth-order valence-corrected chi connectivity index (χ4v) is 3.30. The van der Waals surface area contributed by atoms with Gasteiger partial charge in [0.05, 0.1) is 17.8 Å². The normalized spacial score (nSPS) is 10.6. The van der Waals surface area contributed by atoms with Gasteiger partial charge in [0, 0.05) is 18.1 Å². The summed E-state index contributed by atoms with van der Waals surface area (Å²) in [5.74, 6) is -0.775. The molecule has 0 aliphatic heterocycles. The Morgan fingerprint density at radius 2 is 1.85 bits per heavy atom. The highest BCUT2D eigenvalue weighted by Gasteiger charge is 2.15. The first-order valence-electron chi connectivity index (χ1n) is 8.15. The molecule has 2 amide bonds. The molecule has 0 bridgehead atoms. The Morgan fingerprint density at radius 1 is 1.11 bits per heavy atom. The van der Waals surface area contributed by atoms with Gasteiger partial charge in [0.2, 0.25) is 11.8 Å². The number of nitrogens with zero attached hydrogens (tertiary/aromatic N) is 3. The topological polar surface area (TPSA) is 75.2 Å².